The Morgan fingerprint density at radius 3 is 2.83 bits per heavy atom. The standard InChI is InChI=1S/C18H30N4O.HI/c1-19-18(21-13-15-7-6-12-22(2)14-15)20-11-10-16-8-4-5-9-17(16)23-3;/h4-5,8-9,15H,6-7,10-14H2,1-3H3,(H2,19,20,21);1H. The van der Waals surface area contributed by atoms with Crippen LogP contribution in [0.15, 0.2) is 29.3 Å². The number of halogens is 1. The van der Waals surface area contributed by atoms with E-state index in [0.717, 1.165) is 31.2 Å². The van der Waals surface area contributed by atoms with Crippen molar-refractivity contribution in [2.24, 2.45) is 10.9 Å². The molecule has 5 nitrogen and oxygen atoms in total. The fourth-order valence-corrected chi connectivity index (χ4v) is 3.13. The lowest BCUT2D eigenvalue weighted by molar-refractivity contribution is 0.210. The lowest BCUT2D eigenvalue weighted by atomic mass is 9.99. The van der Waals surface area contributed by atoms with Gasteiger partial charge in [-0.05, 0) is 50.4 Å². The molecule has 0 bridgehead atoms. The summed E-state index contributed by atoms with van der Waals surface area (Å²) in [5.74, 6) is 2.54. The first kappa shape index (κ1) is 21.0. The number of nitrogens with one attached hydrogen (secondary N) is 2. The van der Waals surface area contributed by atoms with E-state index >= 15 is 0 Å². The summed E-state index contributed by atoms with van der Waals surface area (Å²) < 4.78 is 5.39. The first-order chi connectivity index (χ1) is 11.2. The third-order valence-corrected chi connectivity index (χ3v) is 4.38. The number of benzene rings is 1. The highest BCUT2D eigenvalue weighted by Crippen LogP contribution is 2.17. The number of para-hydroxylation sites is 1. The Labute approximate surface area is 163 Å². The summed E-state index contributed by atoms with van der Waals surface area (Å²) in [6, 6.07) is 8.15. The van der Waals surface area contributed by atoms with Crippen LogP contribution in [0, 0.1) is 5.92 Å². The van der Waals surface area contributed by atoms with E-state index in [2.05, 4.69) is 33.6 Å². The van der Waals surface area contributed by atoms with Crippen molar-refractivity contribution in [3.63, 3.8) is 0 Å². The Morgan fingerprint density at radius 2 is 2.12 bits per heavy atom. The van der Waals surface area contributed by atoms with Crippen molar-refractivity contribution >= 4 is 29.9 Å². The number of guanidine groups is 1. The predicted molar refractivity (Wildman–Crippen MR) is 112 cm³/mol. The summed E-state index contributed by atoms with van der Waals surface area (Å²) in [6.45, 7) is 4.22. The number of hydrogen-bond acceptors (Lipinski definition) is 3. The van der Waals surface area contributed by atoms with Crippen LogP contribution in [-0.2, 0) is 6.42 Å². The summed E-state index contributed by atoms with van der Waals surface area (Å²) >= 11 is 0. The molecule has 1 fully saturated rings. The molecule has 0 aliphatic carbocycles. The lowest BCUT2D eigenvalue weighted by Crippen LogP contribution is -2.44. The molecule has 2 rings (SSSR count). The van der Waals surface area contributed by atoms with Crippen molar-refractivity contribution in [1.29, 1.82) is 0 Å². The minimum Gasteiger partial charge on any atom is -0.496 e. The minimum atomic E-state index is 0. The third kappa shape index (κ3) is 6.84. The Balaban J connectivity index is 0.00000288. The quantitative estimate of drug-likeness (QED) is 0.400. The molecule has 1 aliphatic rings. The average Bonchev–Trinajstić information content (AvgIpc) is 2.58. The molecule has 1 saturated heterocycles. The molecule has 0 saturated carbocycles. The first-order valence-electron chi connectivity index (χ1n) is 8.48. The maximum Gasteiger partial charge on any atom is 0.190 e. The Bertz CT molecular complexity index is 510. The maximum atomic E-state index is 5.39. The second-order valence-corrected chi connectivity index (χ2v) is 6.21. The van der Waals surface area contributed by atoms with Gasteiger partial charge in [-0.3, -0.25) is 4.99 Å². The van der Waals surface area contributed by atoms with E-state index in [1.807, 2.05) is 25.2 Å². The van der Waals surface area contributed by atoms with Crippen molar-refractivity contribution in [1.82, 2.24) is 15.5 Å². The van der Waals surface area contributed by atoms with Crippen molar-refractivity contribution in [2.45, 2.75) is 19.3 Å². The molecule has 0 amide bonds. The molecule has 0 spiro atoms. The van der Waals surface area contributed by atoms with Crippen LogP contribution in [0.1, 0.15) is 18.4 Å². The average molecular weight is 446 g/mol. The van der Waals surface area contributed by atoms with Gasteiger partial charge in [-0.15, -0.1) is 24.0 Å². The number of nitrogens with zero attached hydrogens (tertiary/aromatic N) is 2. The van der Waals surface area contributed by atoms with Gasteiger partial charge in [0.2, 0.25) is 0 Å². The summed E-state index contributed by atoms with van der Waals surface area (Å²) in [7, 11) is 5.74. The van der Waals surface area contributed by atoms with Crippen LogP contribution in [0.4, 0.5) is 0 Å². The van der Waals surface area contributed by atoms with Crippen molar-refractivity contribution in [2.75, 3.05) is 47.4 Å². The number of rotatable bonds is 6. The predicted octanol–water partition coefficient (Wildman–Crippen LogP) is 2.36. The van der Waals surface area contributed by atoms with Gasteiger partial charge in [0, 0.05) is 26.7 Å². The highest BCUT2D eigenvalue weighted by Gasteiger charge is 2.17. The van der Waals surface area contributed by atoms with Gasteiger partial charge < -0.3 is 20.3 Å². The van der Waals surface area contributed by atoms with Gasteiger partial charge in [-0.1, -0.05) is 18.2 Å². The number of methoxy groups -OCH3 is 1. The molecule has 1 atom stereocenters. The molecular weight excluding hydrogens is 415 g/mol. The molecule has 1 aromatic rings. The van der Waals surface area contributed by atoms with Crippen LogP contribution in [0.25, 0.3) is 0 Å². The normalized spacial score (nSPS) is 18.6. The number of likely N-dealkylation sites (tertiary alicyclic amines) is 1. The summed E-state index contributed by atoms with van der Waals surface area (Å²) in [5, 5.41) is 6.85. The zero-order valence-electron chi connectivity index (χ0n) is 15.0. The van der Waals surface area contributed by atoms with E-state index in [0.29, 0.717) is 5.92 Å². The molecular formula is C18H31IN4O. The topological polar surface area (TPSA) is 48.9 Å². The largest absolute Gasteiger partial charge is 0.496 e. The van der Waals surface area contributed by atoms with E-state index in [-0.39, 0.29) is 24.0 Å². The lowest BCUT2D eigenvalue weighted by Gasteiger charge is -2.30. The Morgan fingerprint density at radius 1 is 1.33 bits per heavy atom. The van der Waals surface area contributed by atoms with Gasteiger partial charge in [0.05, 0.1) is 7.11 Å². The van der Waals surface area contributed by atoms with Crippen molar-refractivity contribution in [3.8, 4) is 5.75 Å². The number of hydrogen-bond donors (Lipinski definition) is 2. The van der Waals surface area contributed by atoms with Crippen LogP contribution in [0.3, 0.4) is 0 Å². The Kier molecular flexibility index (Phi) is 10.1. The monoisotopic (exact) mass is 446 g/mol. The fraction of sp³-hybridized carbons (Fsp3) is 0.611. The molecule has 24 heavy (non-hydrogen) atoms. The van der Waals surface area contributed by atoms with Crippen LogP contribution in [0.5, 0.6) is 5.75 Å². The number of piperidine rings is 1. The van der Waals surface area contributed by atoms with Gasteiger partial charge >= 0.3 is 0 Å². The van der Waals surface area contributed by atoms with E-state index in [1.165, 1.54) is 31.5 Å². The summed E-state index contributed by atoms with van der Waals surface area (Å²) in [4.78, 5) is 6.73. The smallest absolute Gasteiger partial charge is 0.190 e. The number of aliphatic imine (C=N–C) groups is 1. The van der Waals surface area contributed by atoms with Crippen LogP contribution < -0.4 is 15.4 Å². The van der Waals surface area contributed by atoms with Gasteiger partial charge in [-0.2, -0.15) is 0 Å². The fourth-order valence-electron chi connectivity index (χ4n) is 3.13. The van der Waals surface area contributed by atoms with E-state index in [9.17, 15) is 0 Å². The van der Waals surface area contributed by atoms with Gasteiger partial charge in [0.15, 0.2) is 5.96 Å². The van der Waals surface area contributed by atoms with Gasteiger partial charge in [-0.25, -0.2) is 0 Å². The van der Waals surface area contributed by atoms with E-state index in [4.69, 9.17) is 4.74 Å². The molecule has 136 valence electrons. The zero-order valence-corrected chi connectivity index (χ0v) is 17.4. The van der Waals surface area contributed by atoms with Crippen molar-refractivity contribution in [3.05, 3.63) is 29.8 Å². The molecule has 1 aromatic carbocycles. The number of ether oxygens (including phenoxy) is 1. The van der Waals surface area contributed by atoms with E-state index in [1.54, 1.807) is 7.11 Å². The maximum absolute atomic E-state index is 5.39. The molecule has 1 aliphatic heterocycles. The highest BCUT2D eigenvalue weighted by molar-refractivity contribution is 14.0. The van der Waals surface area contributed by atoms with Gasteiger partial charge in [0.25, 0.3) is 0 Å². The van der Waals surface area contributed by atoms with Crippen molar-refractivity contribution < 1.29 is 4.74 Å². The molecule has 0 aromatic heterocycles. The van der Waals surface area contributed by atoms with Crippen LogP contribution >= 0.6 is 24.0 Å². The van der Waals surface area contributed by atoms with Gasteiger partial charge in [0.1, 0.15) is 5.75 Å². The van der Waals surface area contributed by atoms with Crippen LogP contribution in [0.2, 0.25) is 0 Å². The molecule has 0 radical (unpaired) electrons. The molecule has 2 N–H and O–H groups in total. The summed E-state index contributed by atoms with van der Waals surface area (Å²) in [6.07, 6.45) is 3.51. The zero-order chi connectivity index (χ0) is 16.5. The second-order valence-electron chi connectivity index (χ2n) is 6.21. The van der Waals surface area contributed by atoms with E-state index < -0.39 is 0 Å². The first-order valence-corrected chi connectivity index (χ1v) is 8.48. The molecule has 1 unspecified atom stereocenters. The summed E-state index contributed by atoms with van der Waals surface area (Å²) in [5.41, 5.74) is 1.21. The molecule has 6 heteroatoms. The minimum absolute atomic E-state index is 0. The second kappa shape index (κ2) is 11.5. The Hall–Kier alpha value is -1.02. The van der Waals surface area contributed by atoms with Crippen LogP contribution in [-0.4, -0.2) is 58.2 Å². The third-order valence-electron chi connectivity index (χ3n) is 4.38. The SMILES string of the molecule is CN=C(NCCc1ccccc1OC)NCC1CCCN(C)C1.I. The molecule has 1 heterocycles. The highest BCUT2D eigenvalue weighted by atomic mass is 127.